The second-order valence-electron chi connectivity index (χ2n) is 5.47. The summed E-state index contributed by atoms with van der Waals surface area (Å²) in [5, 5.41) is 2.83. The third-order valence-electron chi connectivity index (χ3n) is 3.30. The molecule has 0 spiro atoms. The molecule has 0 bridgehead atoms. The molecule has 1 unspecified atom stereocenters. The van der Waals surface area contributed by atoms with Crippen LogP contribution in [0.2, 0.25) is 0 Å². The highest BCUT2D eigenvalue weighted by Crippen LogP contribution is 2.20. The average molecular weight is 278 g/mol. The Kier molecular flexibility index (Phi) is 4.37. The van der Waals surface area contributed by atoms with Gasteiger partial charge in [-0.3, -0.25) is 9.59 Å². The first kappa shape index (κ1) is 14.5. The molecule has 0 radical (unpaired) electrons. The molecule has 1 atom stereocenters. The van der Waals surface area contributed by atoms with E-state index in [1.54, 1.807) is 17.0 Å². The van der Waals surface area contributed by atoms with Gasteiger partial charge < -0.3 is 10.2 Å². The van der Waals surface area contributed by atoms with Gasteiger partial charge in [0.2, 0.25) is 11.8 Å². The van der Waals surface area contributed by atoms with Gasteiger partial charge in [-0.25, -0.2) is 4.39 Å². The Balaban J connectivity index is 1.95. The number of likely N-dealkylation sites (tertiary alicyclic amines) is 1. The number of carbonyl (C=O) groups excluding carboxylic acids is 2. The number of amides is 2. The Morgan fingerprint density at radius 1 is 1.40 bits per heavy atom. The summed E-state index contributed by atoms with van der Waals surface area (Å²) in [6, 6.07) is 6.13. The molecule has 0 aliphatic carbocycles. The first-order chi connectivity index (χ1) is 9.45. The van der Waals surface area contributed by atoms with Crippen molar-refractivity contribution in [1.29, 1.82) is 0 Å². The summed E-state index contributed by atoms with van der Waals surface area (Å²) < 4.78 is 12.8. The number of carbonyl (C=O) groups is 2. The zero-order valence-corrected chi connectivity index (χ0v) is 11.7. The molecule has 0 aromatic heterocycles. The minimum atomic E-state index is -0.296. The van der Waals surface area contributed by atoms with Crippen molar-refractivity contribution >= 4 is 11.8 Å². The Labute approximate surface area is 118 Å². The summed E-state index contributed by atoms with van der Waals surface area (Å²) >= 11 is 0. The zero-order valence-electron chi connectivity index (χ0n) is 11.7. The van der Waals surface area contributed by atoms with E-state index in [4.69, 9.17) is 0 Å². The first-order valence-corrected chi connectivity index (χ1v) is 6.78. The predicted octanol–water partition coefficient (Wildman–Crippen LogP) is 1.70. The molecule has 1 saturated heterocycles. The highest BCUT2D eigenvalue weighted by Gasteiger charge is 2.34. The van der Waals surface area contributed by atoms with E-state index in [9.17, 15) is 14.0 Å². The second kappa shape index (κ2) is 6.03. The molecule has 108 valence electrons. The lowest BCUT2D eigenvalue weighted by Gasteiger charge is -2.17. The largest absolute Gasteiger partial charge is 0.354 e. The zero-order chi connectivity index (χ0) is 14.7. The van der Waals surface area contributed by atoms with Crippen LogP contribution < -0.4 is 5.32 Å². The van der Waals surface area contributed by atoms with E-state index in [1.807, 2.05) is 13.8 Å². The van der Waals surface area contributed by atoms with Crippen molar-refractivity contribution in [1.82, 2.24) is 10.2 Å². The monoisotopic (exact) mass is 278 g/mol. The van der Waals surface area contributed by atoms with E-state index in [2.05, 4.69) is 5.32 Å². The van der Waals surface area contributed by atoms with Crippen molar-refractivity contribution in [2.75, 3.05) is 6.54 Å². The number of nitrogens with zero attached hydrogens (tertiary/aromatic N) is 1. The Hall–Kier alpha value is -1.91. The van der Waals surface area contributed by atoms with Crippen LogP contribution in [0.5, 0.6) is 0 Å². The third-order valence-corrected chi connectivity index (χ3v) is 3.30. The van der Waals surface area contributed by atoms with Crippen LogP contribution in [-0.2, 0) is 16.1 Å². The molecule has 1 aromatic rings. The Morgan fingerprint density at radius 3 is 2.65 bits per heavy atom. The lowest BCUT2D eigenvalue weighted by molar-refractivity contribution is -0.129. The molecule has 1 aliphatic heterocycles. The van der Waals surface area contributed by atoms with Gasteiger partial charge in [-0.2, -0.15) is 0 Å². The van der Waals surface area contributed by atoms with Crippen LogP contribution in [0, 0.1) is 11.7 Å². The van der Waals surface area contributed by atoms with Crippen LogP contribution in [0.15, 0.2) is 24.3 Å². The third kappa shape index (κ3) is 3.56. The van der Waals surface area contributed by atoms with E-state index in [-0.39, 0.29) is 36.0 Å². The average Bonchev–Trinajstić information content (AvgIpc) is 2.73. The van der Waals surface area contributed by atoms with Gasteiger partial charge in [0.1, 0.15) is 5.82 Å². The molecular formula is C15H19FN2O2. The van der Waals surface area contributed by atoms with Crippen LogP contribution in [0.25, 0.3) is 0 Å². The minimum Gasteiger partial charge on any atom is -0.354 e. The normalized spacial score (nSPS) is 18.7. The van der Waals surface area contributed by atoms with Gasteiger partial charge >= 0.3 is 0 Å². The SMILES string of the molecule is CC(C)NC(=O)C1CC(=O)N(Cc2ccc(F)cc2)C1. The van der Waals surface area contributed by atoms with Crippen LogP contribution in [-0.4, -0.2) is 29.3 Å². The number of hydrogen-bond acceptors (Lipinski definition) is 2. The summed E-state index contributed by atoms with van der Waals surface area (Å²) in [7, 11) is 0. The molecule has 1 fully saturated rings. The second-order valence-corrected chi connectivity index (χ2v) is 5.47. The smallest absolute Gasteiger partial charge is 0.225 e. The highest BCUT2D eigenvalue weighted by molar-refractivity contribution is 5.89. The first-order valence-electron chi connectivity index (χ1n) is 6.78. The lowest BCUT2D eigenvalue weighted by atomic mass is 10.1. The fourth-order valence-electron chi connectivity index (χ4n) is 2.31. The van der Waals surface area contributed by atoms with Crippen molar-refractivity contribution in [2.45, 2.75) is 32.9 Å². The quantitative estimate of drug-likeness (QED) is 0.911. The number of halogens is 1. The molecule has 0 saturated carbocycles. The number of nitrogens with one attached hydrogen (secondary N) is 1. The summed E-state index contributed by atoms with van der Waals surface area (Å²) in [6.07, 6.45) is 0.250. The fourth-order valence-corrected chi connectivity index (χ4v) is 2.31. The molecule has 1 aliphatic rings. The molecule has 2 rings (SSSR count). The van der Waals surface area contributed by atoms with Crippen molar-refractivity contribution in [3.05, 3.63) is 35.6 Å². The van der Waals surface area contributed by atoms with E-state index >= 15 is 0 Å². The molecule has 2 amide bonds. The molecule has 20 heavy (non-hydrogen) atoms. The van der Waals surface area contributed by atoms with Gasteiger partial charge in [0.15, 0.2) is 0 Å². The highest BCUT2D eigenvalue weighted by atomic mass is 19.1. The van der Waals surface area contributed by atoms with Gasteiger partial charge in [-0.05, 0) is 31.5 Å². The summed E-state index contributed by atoms with van der Waals surface area (Å²) in [4.78, 5) is 25.5. The van der Waals surface area contributed by atoms with Gasteiger partial charge in [-0.15, -0.1) is 0 Å². The maximum absolute atomic E-state index is 12.8. The standard InChI is InChI=1S/C15H19FN2O2/c1-10(2)17-15(20)12-7-14(19)18(9-12)8-11-3-5-13(16)6-4-11/h3-6,10,12H,7-9H2,1-2H3,(H,17,20). The van der Waals surface area contributed by atoms with Crippen LogP contribution in [0.3, 0.4) is 0 Å². The Bertz CT molecular complexity index is 499. The molecule has 1 heterocycles. The summed E-state index contributed by atoms with van der Waals surface area (Å²) in [5.41, 5.74) is 0.865. The molecule has 1 aromatic carbocycles. The number of rotatable bonds is 4. The fraction of sp³-hybridized carbons (Fsp3) is 0.467. The van der Waals surface area contributed by atoms with Crippen LogP contribution in [0.4, 0.5) is 4.39 Å². The number of hydrogen-bond donors (Lipinski definition) is 1. The number of benzene rings is 1. The summed E-state index contributed by atoms with van der Waals surface area (Å²) in [5.74, 6) is -0.686. The predicted molar refractivity (Wildman–Crippen MR) is 73.2 cm³/mol. The summed E-state index contributed by atoms with van der Waals surface area (Å²) in [6.45, 7) is 4.63. The maximum Gasteiger partial charge on any atom is 0.225 e. The van der Waals surface area contributed by atoms with Crippen LogP contribution in [0.1, 0.15) is 25.8 Å². The van der Waals surface area contributed by atoms with Crippen molar-refractivity contribution in [3.8, 4) is 0 Å². The van der Waals surface area contributed by atoms with E-state index in [0.29, 0.717) is 13.1 Å². The lowest BCUT2D eigenvalue weighted by Crippen LogP contribution is -2.36. The van der Waals surface area contributed by atoms with Crippen molar-refractivity contribution in [2.24, 2.45) is 5.92 Å². The minimum absolute atomic E-state index is 0.0294. The van der Waals surface area contributed by atoms with Gasteiger partial charge in [0.05, 0.1) is 5.92 Å². The molecule has 5 heteroatoms. The van der Waals surface area contributed by atoms with Crippen LogP contribution >= 0.6 is 0 Å². The van der Waals surface area contributed by atoms with Crippen molar-refractivity contribution in [3.63, 3.8) is 0 Å². The van der Waals surface area contributed by atoms with Gasteiger partial charge in [0, 0.05) is 25.6 Å². The molecular weight excluding hydrogens is 259 g/mol. The van der Waals surface area contributed by atoms with E-state index in [0.717, 1.165) is 5.56 Å². The Morgan fingerprint density at radius 2 is 2.05 bits per heavy atom. The van der Waals surface area contributed by atoms with E-state index in [1.165, 1.54) is 12.1 Å². The van der Waals surface area contributed by atoms with Gasteiger partial charge in [0.25, 0.3) is 0 Å². The molecule has 1 N–H and O–H groups in total. The topological polar surface area (TPSA) is 49.4 Å². The van der Waals surface area contributed by atoms with Gasteiger partial charge in [-0.1, -0.05) is 12.1 Å². The maximum atomic E-state index is 12.8. The van der Waals surface area contributed by atoms with Crippen molar-refractivity contribution < 1.29 is 14.0 Å². The molecule has 4 nitrogen and oxygen atoms in total. The van der Waals surface area contributed by atoms with E-state index < -0.39 is 0 Å².